The molecule has 2 rings (SSSR count). The summed E-state index contributed by atoms with van der Waals surface area (Å²) in [7, 11) is 0. The highest BCUT2D eigenvalue weighted by atomic mass is 19.4. The van der Waals surface area contributed by atoms with Crippen LogP contribution in [0.5, 0.6) is 5.75 Å². The number of hydrogen-bond acceptors (Lipinski definition) is 2. The summed E-state index contributed by atoms with van der Waals surface area (Å²) >= 11 is 0. The first kappa shape index (κ1) is 11.8. The molecule has 0 unspecified atom stereocenters. The van der Waals surface area contributed by atoms with E-state index in [0.717, 1.165) is 18.7 Å². The van der Waals surface area contributed by atoms with Gasteiger partial charge in [0.25, 0.3) is 0 Å². The Bertz CT molecular complexity index is 519. The number of aryl methyl sites for hydroxylation is 1. The van der Waals surface area contributed by atoms with E-state index in [1.54, 1.807) is 0 Å². The minimum absolute atomic E-state index is 0.250. The molecule has 0 amide bonds. The van der Waals surface area contributed by atoms with Crippen LogP contribution in [0.3, 0.4) is 0 Å². The minimum Gasteiger partial charge on any atom is -0.406 e. The molecule has 1 N–H and O–H groups in total. The first-order valence-corrected chi connectivity index (χ1v) is 5.22. The number of imidazole rings is 1. The van der Waals surface area contributed by atoms with Crippen LogP contribution >= 0.6 is 0 Å². The summed E-state index contributed by atoms with van der Waals surface area (Å²) in [5, 5.41) is 0. The number of benzene rings is 1. The predicted molar refractivity (Wildman–Crippen MR) is 56.8 cm³/mol. The lowest BCUT2D eigenvalue weighted by Gasteiger charge is -2.07. The summed E-state index contributed by atoms with van der Waals surface area (Å²) in [6.07, 6.45) is -2.98. The Balaban J connectivity index is 2.30. The number of rotatable bonds is 3. The molecule has 0 atom stereocenters. The third kappa shape index (κ3) is 2.89. The number of nitrogens with zero attached hydrogens (tertiary/aromatic N) is 1. The monoisotopic (exact) mass is 244 g/mol. The third-order valence-electron chi connectivity index (χ3n) is 2.22. The SMILES string of the molecule is CCCc1nc2cc(OC(F)(F)F)ccc2[nH]1. The van der Waals surface area contributed by atoms with Gasteiger partial charge < -0.3 is 9.72 Å². The predicted octanol–water partition coefficient (Wildman–Crippen LogP) is 3.41. The summed E-state index contributed by atoms with van der Waals surface area (Å²) in [5.41, 5.74) is 1.19. The number of aromatic nitrogens is 2. The molecule has 1 aromatic heterocycles. The highest BCUT2D eigenvalue weighted by molar-refractivity contribution is 5.76. The zero-order valence-corrected chi connectivity index (χ0v) is 9.14. The Morgan fingerprint density at radius 1 is 1.35 bits per heavy atom. The van der Waals surface area contributed by atoms with Gasteiger partial charge in [-0.3, -0.25) is 0 Å². The second-order valence-electron chi connectivity index (χ2n) is 3.66. The van der Waals surface area contributed by atoms with Crippen LogP contribution in [0.4, 0.5) is 13.2 Å². The number of halogens is 3. The number of aromatic amines is 1. The van der Waals surface area contributed by atoms with E-state index in [2.05, 4.69) is 14.7 Å². The van der Waals surface area contributed by atoms with Crippen LogP contribution in [0.15, 0.2) is 18.2 Å². The maximum Gasteiger partial charge on any atom is 0.573 e. The number of fused-ring (bicyclic) bond motifs is 1. The Morgan fingerprint density at radius 2 is 2.12 bits per heavy atom. The lowest BCUT2D eigenvalue weighted by Crippen LogP contribution is -2.16. The minimum atomic E-state index is -4.67. The van der Waals surface area contributed by atoms with Gasteiger partial charge >= 0.3 is 6.36 Å². The van der Waals surface area contributed by atoms with E-state index in [9.17, 15) is 13.2 Å². The van der Waals surface area contributed by atoms with Crippen molar-refractivity contribution in [3.05, 3.63) is 24.0 Å². The molecule has 0 saturated heterocycles. The van der Waals surface area contributed by atoms with Crippen molar-refractivity contribution in [1.82, 2.24) is 9.97 Å². The van der Waals surface area contributed by atoms with E-state index in [-0.39, 0.29) is 5.75 Å². The molecule has 0 bridgehead atoms. The topological polar surface area (TPSA) is 37.9 Å². The smallest absolute Gasteiger partial charge is 0.406 e. The highest BCUT2D eigenvalue weighted by Gasteiger charge is 2.31. The molecule has 0 aliphatic carbocycles. The zero-order chi connectivity index (χ0) is 12.5. The summed E-state index contributed by atoms with van der Waals surface area (Å²) in [5.74, 6) is 0.520. The quantitative estimate of drug-likeness (QED) is 0.898. The fourth-order valence-corrected chi connectivity index (χ4v) is 1.59. The molecule has 92 valence electrons. The van der Waals surface area contributed by atoms with Crippen LogP contribution in [-0.4, -0.2) is 16.3 Å². The van der Waals surface area contributed by atoms with Crippen LogP contribution in [0.1, 0.15) is 19.2 Å². The van der Waals surface area contributed by atoms with Crippen LogP contribution < -0.4 is 4.74 Å². The van der Waals surface area contributed by atoms with Gasteiger partial charge in [0.05, 0.1) is 11.0 Å². The molecule has 6 heteroatoms. The van der Waals surface area contributed by atoms with Gasteiger partial charge in [-0.2, -0.15) is 0 Å². The fourth-order valence-electron chi connectivity index (χ4n) is 1.59. The maximum absolute atomic E-state index is 12.0. The Hall–Kier alpha value is -1.72. The molecule has 1 heterocycles. The fraction of sp³-hybridized carbons (Fsp3) is 0.364. The van der Waals surface area contributed by atoms with Gasteiger partial charge in [0.1, 0.15) is 11.6 Å². The molecule has 1 aromatic carbocycles. The van der Waals surface area contributed by atoms with E-state index in [0.29, 0.717) is 11.0 Å². The van der Waals surface area contributed by atoms with E-state index in [4.69, 9.17) is 0 Å². The molecule has 17 heavy (non-hydrogen) atoms. The number of alkyl halides is 3. The number of H-pyrrole nitrogens is 1. The molecule has 0 fully saturated rings. The Kier molecular flexibility index (Phi) is 2.95. The highest BCUT2D eigenvalue weighted by Crippen LogP contribution is 2.25. The molecule has 0 aliphatic rings. The molecule has 0 radical (unpaired) electrons. The second-order valence-corrected chi connectivity index (χ2v) is 3.66. The van der Waals surface area contributed by atoms with E-state index in [1.807, 2.05) is 6.92 Å². The first-order valence-electron chi connectivity index (χ1n) is 5.22. The standard InChI is InChI=1S/C11H11F3N2O/c1-2-3-10-15-8-5-4-7(6-9(8)16-10)17-11(12,13)14/h4-6H,2-3H2,1H3,(H,15,16). The zero-order valence-electron chi connectivity index (χ0n) is 9.14. The van der Waals surface area contributed by atoms with Crippen LogP contribution in [0, 0.1) is 0 Å². The van der Waals surface area contributed by atoms with E-state index in [1.165, 1.54) is 18.2 Å². The van der Waals surface area contributed by atoms with Crippen LogP contribution in [0.25, 0.3) is 11.0 Å². The van der Waals surface area contributed by atoms with Crippen molar-refractivity contribution in [2.75, 3.05) is 0 Å². The van der Waals surface area contributed by atoms with Gasteiger partial charge in [-0.05, 0) is 18.6 Å². The van der Waals surface area contributed by atoms with Crippen LogP contribution in [-0.2, 0) is 6.42 Å². The van der Waals surface area contributed by atoms with Gasteiger partial charge in [-0.15, -0.1) is 13.2 Å². The van der Waals surface area contributed by atoms with Gasteiger partial charge in [-0.25, -0.2) is 4.98 Å². The van der Waals surface area contributed by atoms with Crippen molar-refractivity contribution in [2.24, 2.45) is 0 Å². The molecular formula is C11H11F3N2O. The van der Waals surface area contributed by atoms with Crippen molar-refractivity contribution in [3.63, 3.8) is 0 Å². The van der Waals surface area contributed by atoms with Gasteiger partial charge in [-0.1, -0.05) is 6.92 Å². The molecule has 0 spiro atoms. The van der Waals surface area contributed by atoms with Gasteiger partial charge in [0.2, 0.25) is 0 Å². The van der Waals surface area contributed by atoms with Crippen molar-refractivity contribution >= 4 is 11.0 Å². The van der Waals surface area contributed by atoms with Crippen molar-refractivity contribution in [3.8, 4) is 5.75 Å². The Labute approximate surface area is 95.6 Å². The van der Waals surface area contributed by atoms with E-state index >= 15 is 0 Å². The molecule has 0 aliphatic heterocycles. The largest absolute Gasteiger partial charge is 0.573 e. The lowest BCUT2D eigenvalue weighted by molar-refractivity contribution is -0.274. The Morgan fingerprint density at radius 3 is 2.76 bits per heavy atom. The van der Waals surface area contributed by atoms with E-state index < -0.39 is 6.36 Å². The summed E-state index contributed by atoms with van der Waals surface area (Å²) in [6, 6.07) is 4.07. The lowest BCUT2D eigenvalue weighted by atomic mass is 10.3. The van der Waals surface area contributed by atoms with Crippen molar-refractivity contribution in [2.45, 2.75) is 26.1 Å². The van der Waals surface area contributed by atoms with Crippen molar-refractivity contribution < 1.29 is 17.9 Å². The average Bonchev–Trinajstić information content (AvgIpc) is 2.57. The van der Waals surface area contributed by atoms with Crippen LogP contribution in [0.2, 0.25) is 0 Å². The third-order valence-corrected chi connectivity index (χ3v) is 2.22. The number of hydrogen-bond donors (Lipinski definition) is 1. The first-order chi connectivity index (χ1) is 7.98. The summed E-state index contributed by atoms with van der Waals surface area (Å²) < 4.78 is 39.9. The second kappa shape index (κ2) is 4.27. The molecule has 3 nitrogen and oxygen atoms in total. The number of ether oxygens (including phenoxy) is 1. The molecule has 0 saturated carbocycles. The molecule has 2 aromatic rings. The summed E-state index contributed by atoms with van der Waals surface area (Å²) in [4.78, 5) is 7.23. The maximum atomic E-state index is 12.0. The van der Waals surface area contributed by atoms with Gasteiger partial charge in [0.15, 0.2) is 0 Å². The average molecular weight is 244 g/mol. The van der Waals surface area contributed by atoms with Gasteiger partial charge in [0, 0.05) is 12.5 Å². The number of nitrogens with one attached hydrogen (secondary N) is 1. The summed E-state index contributed by atoms with van der Waals surface area (Å²) in [6.45, 7) is 2.01. The normalized spacial score (nSPS) is 12.0. The molecular weight excluding hydrogens is 233 g/mol. The van der Waals surface area contributed by atoms with Crippen molar-refractivity contribution in [1.29, 1.82) is 0 Å².